The molecule has 7 nitrogen and oxygen atoms in total. The molecule has 5 atom stereocenters. The molecule has 0 aromatic heterocycles. The van der Waals surface area contributed by atoms with Gasteiger partial charge in [-0.25, -0.2) is 0 Å². The van der Waals surface area contributed by atoms with Gasteiger partial charge in [-0.1, -0.05) is 18.2 Å². The molecule has 1 aromatic carbocycles. The summed E-state index contributed by atoms with van der Waals surface area (Å²) < 4.78 is 5.03. The topological polar surface area (TPSA) is 114 Å². The molecule has 8 heteroatoms. The SMILES string of the molecule is OC[C@H]1OC(O)[C@H](NC(=S)Nc2ccccc2)[C@@H](O)[C@@H]1O. The molecule has 1 heterocycles. The fourth-order valence-electron chi connectivity index (χ4n) is 2.09. The van der Waals surface area contributed by atoms with Crippen LogP contribution in [0.5, 0.6) is 0 Å². The lowest BCUT2D eigenvalue weighted by Gasteiger charge is -2.40. The van der Waals surface area contributed by atoms with Crippen LogP contribution in [0.2, 0.25) is 0 Å². The van der Waals surface area contributed by atoms with Crippen molar-refractivity contribution >= 4 is 23.0 Å². The molecule has 0 spiro atoms. The smallest absolute Gasteiger partial charge is 0.178 e. The van der Waals surface area contributed by atoms with E-state index in [0.717, 1.165) is 5.69 Å². The van der Waals surface area contributed by atoms with Crippen molar-refractivity contribution in [3.8, 4) is 0 Å². The number of aliphatic hydroxyl groups excluding tert-OH is 4. The van der Waals surface area contributed by atoms with Gasteiger partial charge in [0.05, 0.1) is 6.61 Å². The predicted molar refractivity (Wildman–Crippen MR) is 79.6 cm³/mol. The summed E-state index contributed by atoms with van der Waals surface area (Å²) >= 11 is 5.09. The van der Waals surface area contributed by atoms with E-state index in [2.05, 4.69) is 10.6 Å². The van der Waals surface area contributed by atoms with Crippen LogP contribution < -0.4 is 10.6 Å². The van der Waals surface area contributed by atoms with Gasteiger partial charge in [0.2, 0.25) is 0 Å². The Bertz CT molecular complexity index is 475. The van der Waals surface area contributed by atoms with E-state index >= 15 is 0 Å². The largest absolute Gasteiger partial charge is 0.394 e. The summed E-state index contributed by atoms with van der Waals surface area (Å²) in [6, 6.07) is 8.10. The Morgan fingerprint density at radius 1 is 1.14 bits per heavy atom. The number of aliphatic hydroxyl groups is 4. The van der Waals surface area contributed by atoms with Crippen LogP contribution in [0.4, 0.5) is 5.69 Å². The first-order chi connectivity index (χ1) is 10.0. The van der Waals surface area contributed by atoms with Gasteiger partial charge in [0.1, 0.15) is 24.4 Å². The zero-order chi connectivity index (χ0) is 15.4. The molecule has 0 radical (unpaired) electrons. The number of hydrogen-bond donors (Lipinski definition) is 6. The maximum atomic E-state index is 9.97. The predicted octanol–water partition coefficient (Wildman–Crippen LogP) is -1.23. The molecule has 21 heavy (non-hydrogen) atoms. The summed E-state index contributed by atoms with van der Waals surface area (Å²) in [5.41, 5.74) is 0.740. The van der Waals surface area contributed by atoms with Crippen molar-refractivity contribution in [1.82, 2.24) is 5.32 Å². The van der Waals surface area contributed by atoms with Crippen LogP contribution in [-0.4, -0.2) is 62.8 Å². The molecule has 2 rings (SSSR count). The lowest BCUT2D eigenvalue weighted by molar-refractivity contribution is -0.251. The third kappa shape index (κ3) is 3.88. The summed E-state index contributed by atoms with van der Waals surface area (Å²) in [5.74, 6) is 0. The van der Waals surface area contributed by atoms with Crippen molar-refractivity contribution in [2.24, 2.45) is 0 Å². The Hall–Kier alpha value is -1.29. The average molecular weight is 314 g/mol. The highest BCUT2D eigenvalue weighted by atomic mass is 32.1. The number of ether oxygens (including phenoxy) is 1. The Balaban J connectivity index is 1.96. The lowest BCUT2D eigenvalue weighted by atomic mass is 9.97. The van der Waals surface area contributed by atoms with Crippen LogP contribution in [-0.2, 0) is 4.74 Å². The van der Waals surface area contributed by atoms with Crippen molar-refractivity contribution in [3.63, 3.8) is 0 Å². The second-order valence-electron chi connectivity index (χ2n) is 4.72. The van der Waals surface area contributed by atoms with Crippen LogP contribution in [0.25, 0.3) is 0 Å². The van der Waals surface area contributed by atoms with Gasteiger partial charge in [-0.15, -0.1) is 0 Å². The van der Waals surface area contributed by atoms with Crippen LogP contribution in [0.15, 0.2) is 30.3 Å². The third-order valence-electron chi connectivity index (χ3n) is 3.23. The molecule has 1 saturated heterocycles. The first-order valence-corrected chi connectivity index (χ1v) is 6.87. The first kappa shape index (κ1) is 16.1. The second kappa shape index (κ2) is 7.12. The Morgan fingerprint density at radius 2 is 1.81 bits per heavy atom. The summed E-state index contributed by atoms with van der Waals surface area (Å²) in [6.45, 7) is -0.505. The highest BCUT2D eigenvalue weighted by Crippen LogP contribution is 2.19. The van der Waals surface area contributed by atoms with E-state index in [4.69, 9.17) is 22.1 Å². The van der Waals surface area contributed by atoms with Crippen LogP contribution in [0.3, 0.4) is 0 Å². The van der Waals surface area contributed by atoms with E-state index in [9.17, 15) is 15.3 Å². The van der Waals surface area contributed by atoms with Gasteiger partial charge in [-0.05, 0) is 24.4 Å². The molecule has 0 aliphatic carbocycles. The summed E-state index contributed by atoms with van der Waals surface area (Å²) in [7, 11) is 0. The number of thiocarbonyl (C=S) groups is 1. The van der Waals surface area contributed by atoms with Crippen LogP contribution in [0.1, 0.15) is 0 Å². The number of rotatable bonds is 3. The minimum absolute atomic E-state index is 0.169. The zero-order valence-corrected chi connectivity index (χ0v) is 11.9. The number of anilines is 1. The van der Waals surface area contributed by atoms with Gasteiger partial charge in [0, 0.05) is 5.69 Å². The van der Waals surface area contributed by atoms with Crippen molar-refractivity contribution < 1.29 is 25.2 Å². The molecule has 1 aliphatic rings. The monoisotopic (exact) mass is 314 g/mol. The average Bonchev–Trinajstić information content (AvgIpc) is 2.48. The van der Waals surface area contributed by atoms with Gasteiger partial charge in [0.25, 0.3) is 0 Å². The molecule has 116 valence electrons. The van der Waals surface area contributed by atoms with E-state index in [1.54, 1.807) is 12.1 Å². The van der Waals surface area contributed by atoms with Crippen LogP contribution in [0, 0.1) is 0 Å². The number of nitrogens with one attached hydrogen (secondary N) is 2. The molecule has 1 unspecified atom stereocenters. The fraction of sp³-hybridized carbons (Fsp3) is 0.462. The quantitative estimate of drug-likeness (QED) is 0.385. The fourth-order valence-corrected chi connectivity index (χ4v) is 2.35. The molecule has 6 N–H and O–H groups in total. The zero-order valence-electron chi connectivity index (χ0n) is 11.1. The van der Waals surface area contributed by atoms with E-state index in [0.29, 0.717) is 0 Å². The van der Waals surface area contributed by atoms with Crippen molar-refractivity contribution in [2.75, 3.05) is 11.9 Å². The van der Waals surface area contributed by atoms with Gasteiger partial charge >= 0.3 is 0 Å². The van der Waals surface area contributed by atoms with Crippen molar-refractivity contribution in [2.45, 2.75) is 30.6 Å². The van der Waals surface area contributed by atoms with E-state index in [1.165, 1.54) is 0 Å². The number of para-hydroxylation sites is 1. The highest BCUT2D eigenvalue weighted by molar-refractivity contribution is 7.80. The maximum absolute atomic E-state index is 9.97. The number of benzene rings is 1. The standard InChI is InChI=1S/C13H18N2O5S/c16-6-8-10(17)11(18)9(12(19)20-8)15-13(21)14-7-4-2-1-3-5-7/h1-5,8-12,16-19H,6H2,(H2,14,15,21)/t8-,9-,10-,11-,12?/m1/s1. The Labute approximate surface area is 127 Å². The second-order valence-corrected chi connectivity index (χ2v) is 5.13. The Kier molecular flexibility index (Phi) is 5.45. The van der Waals surface area contributed by atoms with Gasteiger partial charge in [-0.3, -0.25) is 0 Å². The minimum atomic E-state index is -1.41. The highest BCUT2D eigenvalue weighted by Gasteiger charge is 2.43. The van der Waals surface area contributed by atoms with Gasteiger partial charge in [-0.2, -0.15) is 0 Å². The first-order valence-electron chi connectivity index (χ1n) is 6.46. The molecule has 0 bridgehead atoms. The molecule has 0 saturated carbocycles. The minimum Gasteiger partial charge on any atom is -0.394 e. The van der Waals surface area contributed by atoms with E-state index < -0.39 is 37.3 Å². The van der Waals surface area contributed by atoms with Crippen LogP contribution >= 0.6 is 12.2 Å². The molecule has 1 aromatic rings. The molecule has 1 fully saturated rings. The molecular weight excluding hydrogens is 296 g/mol. The van der Waals surface area contributed by atoms with Crippen molar-refractivity contribution in [1.29, 1.82) is 0 Å². The molecule has 0 amide bonds. The molecular formula is C13H18N2O5S. The Morgan fingerprint density at radius 3 is 2.43 bits per heavy atom. The maximum Gasteiger partial charge on any atom is 0.178 e. The lowest BCUT2D eigenvalue weighted by Crippen LogP contribution is -2.64. The van der Waals surface area contributed by atoms with Gasteiger partial charge in [0.15, 0.2) is 11.4 Å². The normalized spacial score (nSPS) is 32.5. The summed E-state index contributed by atoms with van der Waals surface area (Å²) in [6.07, 6.45) is -5.10. The summed E-state index contributed by atoms with van der Waals surface area (Å²) in [5, 5.41) is 44.3. The summed E-state index contributed by atoms with van der Waals surface area (Å²) in [4.78, 5) is 0. The van der Waals surface area contributed by atoms with E-state index in [1.807, 2.05) is 18.2 Å². The third-order valence-corrected chi connectivity index (χ3v) is 3.45. The van der Waals surface area contributed by atoms with Gasteiger partial charge < -0.3 is 35.8 Å². The number of hydrogen-bond acceptors (Lipinski definition) is 6. The molecule has 1 aliphatic heterocycles. The van der Waals surface area contributed by atoms with E-state index in [-0.39, 0.29) is 5.11 Å². The van der Waals surface area contributed by atoms with Crippen molar-refractivity contribution in [3.05, 3.63) is 30.3 Å².